The molecule has 0 aliphatic rings. The third kappa shape index (κ3) is 2.66. The third-order valence-corrected chi connectivity index (χ3v) is 3.68. The Morgan fingerprint density at radius 2 is 2.17 bits per heavy atom. The topological polar surface area (TPSA) is 91.9 Å². The molecule has 0 saturated heterocycles. The van der Waals surface area contributed by atoms with Gasteiger partial charge in [0.15, 0.2) is 11.2 Å². The van der Waals surface area contributed by atoms with E-state index in [1.54, 1.807) is 13.8 Å². The van der Waals surface area contributed by atoms with E-state index < -0.39 is 17.6 Å². The van der Waals surface area contributed by atoms with Crippen LogP contribution in [-0.4, -0.2) is 37.1 Å². The molecular formula is C16H17N5O3. The Hall–Kier alpha value is -3.03. The van der Waals surface area contributed by atoms with Gasteiger partial charge < -0.3 is 4.74 Å². The van der Waals surface area contributed by atoms with E-state index in [0.29, 0.717) is 5.65 Å². The molecule has 24 heavy (non-hydrogen) atoms. The maximum absolute atomic E-state index is 12.6. The monoisotopic (exact) mass is 327 g/mol. The molecule has 1 atom stereocenters. The van der Waals surface area contributed by atoms with E-state index in [0.717, 1.165) is 11.3 Å². The first kappa shape index (κ1) is 15.9. The van der Waals surface area contributed by atoms with E-state index in [1.807, 2.05) is 31.2 Å². The Balaban J connectivity index is 2.09. The molecule has 0 fully saturated rings. The normalized spacial score (nSPS) is 12.3. The summed E-state index contributed by atoms with van der Waals surface area (Å²) in [6.07, 6.45) is 1.32. The zero-order chi connectivity index (χ0) is 17.3. The van der Waals surface area contributed by atoms with Gasteiger partial charge in [-0.3, -0.25) is 9.36 Å². The minimum absolute atomic E-state index is 0.107. The molecule has 3 aromatic rings. The number of fused-ring (bicyclic) bond motifs is 1. The number of nitrogens with zero attached hydrogens (tertiary/aromatic N) is 5. The van der Waals surface area contributed by atoms with Crippen LogP contribution in [0.2, 0.25) is 0 Å². The number of hydrogen-bond donors (Lipinski definition) is 0. The Labute approximate surface area is 137 Å². The highest BCUT2D eigenvalue weighted by atomic mass is 16.5. The summed E-state index contributed by atoms with van der Waals surface area (Å²) in [5.74, 6) is -0.494. The molecule has 8 nitrogen and oxygen atoms in total. The second-order valence-corrected chi connectivity index (χ2v) is 5.40. The SMILES string of the molecule is CCOC(=O)C(C)n1cnc2c(nnn2-c2cccc(C)c2)c1=O. The van der Waals surface area contributed by atoms with Crippen LogP contribution >= 0.6 is 0 Å². The van der Waals surface area contributed by atoms with E-state index in [-0.39, 0.29) is 12.1 Å². The number of carbonyl (C=O) groups is 1. The quantitative estimate of drug-likeness (QED) is 0.673. The highest BCUT2D eigenvalue weighted by Crippen LogP contribution is 2.14. The molecule has 0 amide bonds. The van der Waals surface area contributed by atoms with Gasteiger partial charge in [0, 0.05) is 0 Å². The van der Waals surface area contributed by atoms with Crippen molar-refractivity contribution in [1.82, 2.24) is 24.5 Å². The summed E-state index contributed by atoms with van der Waals surface area (Å²) in [5, 5.41) is 7.96. The fourth-order valence-corrected chi connectivity index (χ4v) is 2.41. The van der Waals surface area contributed by atoms with Crippen LogP contribution in [0.3, 0.4) is 0 Å². The van der Waals surface area contributed by atoms with E-state index in [4.69, 9.17) is 4.74 Å². The van der Waals surface area contributed by atoms with Gasteiger partial charge in [-0.2, -0.15) is 4.68 Å². The van der Waals surface area contributed by atoms with Gasteiger partial charge in [0.1, 0.15) is 12.4 Å². The number of benzene rings is 1. The molecule has 8 heteroatoms. The average molecular weight is 327 g/mol. The number of esters is 1. The maximum atomic E-state index is 12.6. The van der Waals surface area contributed by atoms with Crippen molar-refractivity contribution in [3.63, 3.8) is 0 Å². The predicted octanol–water partition coefficient (Wildman–Crippen LogP) is 1.41. The zero-order valence-electron chi connectivity index (χ0n) is 13.6. The fourth-order valence-electron chi connectivity index (χ4n) is 2.41. The van der Waals surface area contributed by atoms with Crippen molar-refractivity contribution in [2.75, 3.05) is 6.61 Å². The molecular weight excluding hydrogens is 310 g/mol. The van der Waals surface area contributed by atoms with Crippen molar-refractivity contribution in [3.8, 4) is 5.69 Å². The lowest BCUT2D eigenvalue weighted by Crippen LogP contribution is -2.29. The number of rotatable bonds is 4. The molecule has 1 unspecified atom stereocenters. The Morgan fingerprint density at radius 1 is 1.38 bits per heavy atom. The molecule has 0 aliphatic heterocycles. The van der Waals surface area contributed by atoms with Crippen LogP contribution in [0.1, 0.15) is 25.5 Å². The van der Waals surface area contributed by atoms with Gasteiger partial charge >= 0.3 is 5.97 Å². The smallest absolute Gasteiger partial charge is 0.328 e. The zero-order valence-corrected chi connectivity index (χ0v) is 13.6. The summed E-state index contributed by atoms with van der Waals surface area (Å²) in [6.45, 7) is 5.50. The molecule has 0 bridgehead atoms. The second-order valence-electron chi connectivity index (χ2n) is 5.40. The van der Waals surface area contributed by atoms with Gasteiger partial charge in [-0.05, 0) is 38.5 Å². The number of aryl methyl sites for hydroxylation is 1. The molecule has 2 heterocycles. The Morgan fingerprint density at radius 3 is 2.88 bits per heavy atom. The third-order valence-electron chi connectivity index (χ3n) is 3.68. The molecule has 2 aromatic heterocycles. The number of aromatic nitrogens is 5. The van der Waals surface area contributed by atoms with Gasteiger partial charge in [0.05, 0.1) is 12.3 Å². The van der Waals surface area contributed by atoms with E-state index in [1.165, 1.54) is 15.6 Å². The minimum Gasteiger partial charge on any atom is -0.464 e. The van der Waals surface area contributed by atoms with Crippen LogP contribution in [0.15, 0.2) is 35.4 Å². The first-order chi connectivity index (χ1) is 11.5. The maximum Gasteiger partial charge on any atom is 0.328 e. The minimum atomic E-state index is -0.779. The lowest BCUT2D eigenvalue weighted by atomic mass is 10.2. The van der Waals surface area contributed by atoms with Crippen LogP contribution in [-0.2, 0) is 9.53 Å². The summed E-state index contributed by atoms with van der Waals surface area (Å²) in [7, 11) is 0. The molecule has 0 radical (unpaired) electrons. The van der Waals surface area contributed by atoms with Gasteiger partial charge in [-0.25, -0.2) is 9.78 Å². The summed E-state index contributed by atoms with van der Waals surface area (Å²) >= 11 is 0. The first-order valence-corrected chi connectivity index (χ1v) is 7.59. The molecule has 3 rings (SSSR count). The fraction of sp³-hybridized carbons (Fsp3) is 0.312. The Kier molecular flexibility index (Phi) is 4.11. The second kappa shape index (κ2) is 6.23. The van der Waals surface area contributed by atoms with Crippen molar-refractivity contribution < 1.29 is 9.53 Å². The van der Waals surface area contributed by atoms with Gasteiger partial charge in [-0.15, -0.1) is 5.10 Å². The van der Waals surface area contributed by atoms with Gasteiger partial charge in [0.2, 0.25) is 0 Å². The van der Waals surface area contributed by atoms with E-state index >= 15 is 0 Å². The van der Waals surface area contributed by atoms with Gasteiger partial charge in [0.25, 0.3) is 5.56 Å². The van der Waals surface area contributed by atoms with Crippen molar-refractivity contribution in [2.45, 2.75) is 26.8 Å². The largest absolute Gasteiger partial charge is 0.464 e. The van der Waals surface area contributed by atoms with Crippen LogP contribution < -0.4 is 5.56 Å². The molecule has 0 spiro atoms. The lowest BCUT2D eigenvalue weighted by Gasteiger charge is -2.12. The van der Waals surface area contributed by atoms with E-state index in [9.17, 15) is 9.59 Å². The Bertz CT molecular complexity index is 960. The van der Waals surface area contributed by atoms with Crippen molar-refractivity contribution in [2.24, 2.45) is 0 Å². The van der Waals surface area contributed by atoms with Crippen LogP contribution in [0.4, 0.5) is 0 Å². The van der Waals surface area contributed by atoms with Crippen LogP contribution in [0.25, 0.3) is 16.9 Å². The van der Waals surface area contributed by atoms with Crippen molar-refractivity contribution in [1.29, 1.82) is 0 Å². The van der Waals surface area contributed by atoms with Crippen molar-refractivity contribution in [3.05, 3.63) is 46.5 Å². The summed E-state index contributed by atoms with van der Waals surface area (Å²) < 4.78 is 7.65. The highest BCUT2D eigenvalue weighted by Gasteiger charge is 2.21. The highest BCUT2D eigenvalue weighted by molar-refractivity contribution is 5.75. The first-order valence-electron chi connectivity index (χ1n) is 7.59. The van der Waals surface area contributed by atoms with Crippen LogP contribution in [0.5, 0.6) is 0 Å². The summed E-state index contributed by atoms with van der Waals surface area (Å²) in [4.78, 5) is 28.7. The van der Waals surface area contributed by atoms with Crippen LogP contribution in [0, 0.1) is 6.92 Å². The molecule has 0 N–H and O–H groups in total. The number of hydrogen-bond acceptors (Lipinski definition) is 6. The summed E-state index contributed by atoms with van der Waals surface area (Å²) in [5.41, 5.74) is 1.84. The molecule has 0 aliphatic carbocycles. The average Bonchev–Trinajstić information content (AvgIpc) is 3.00. The number of carbonyl (C=O) groups excluding carboxylic acids is 1. The standard InChI is InChI=1S/C16H17N5O3/c1-4-24-16(23)11(3)20-9-17-14-13(15(20)22)18-19-21(14)12-7-5-6-10(2)8-12/h5-9,11H,4H2,1-3H3. The van der Waals surface area contributed by atoms with Crippen molar-refractivity contribution >= 4 is 17.1 Å². The lowest BCUT2D eigenvalue weighted by molar-refractivity contribution is -0.146. The van der Waals surface area contributed by atoms with E-state index in [2.05, 4.69) is 15.3 Å². The summed E-state index contributed by atoms with van der Waals surface area (Å²) in [6, 6.07) is 6.85. The predicted molar refractivity (Wildman–Crippen MR) is 87.0 cm³/mol. The molecule has 1 aromatic carbocycles. The molecule has 124 valence electrons. The van der Waals surface area contributed by atoms with Gasteiger partial charge in [-0.1, -0.05) is 17.3 Å². The molecule has 0 saturated carbocycles. The number of ether oxygens (including phenoxy) is 1.